The number of nitrogens with one attached hydrogen (secondary N) is 1. The van der Waals surface area contributed by atoms with Gasteiger partial charge in [-0.15, -0.1) is 0 Å². The zero-order chi connectivity index (χ0) is 23.0. The van der Waals surface area contributed by atoms with Crippen LogP contribution in [0.3, 0.4) is 0 Å². The highest BCUT2D eigenvalue weighted by Gasteiger charge is 2.18. The van der Waals surface area contributed by atoms with Crippen LogP contribution >= 0.6 is 11.6 Å². The second-order valence-corrected chi connectivity index (χ2v) is 8.39. The summed E-state index contributed by atoms with van der Waals surface area (Å²) in [5, 5.41) is 3.57. The third-order valence-electron chi connectivity index (χ3n) is 5.48. The highest BCUT2D eigenvalue weighted by atomic mass is 35.5. The lowest BCUT2D eigenvalue weighted by atomic mass is 10.2. The highest BCUT2D eigenvalue weighted by Crippen LogP contribution is 2.30. The molecule has 33 heavy (non-hydrogen) atoms. The number of amides is 1. The fourth-order valence-corrected chi connectivity index (χ4v) is 3.77. The Morgan fingerprint density at radius 2 is 1.88 bits per heavy atom. The number of benzene rings is 2. The van der Waals surface area contributed by atoms with Crippen molar-refractivity contribution in [2.45, 2.75) is 6.61 Å². The molecule has 1 aromatic heterocycles. The molecule has 0 bridgehead atoms. The van der Waals surface area contributed by atoms with E-state index in [2.05, 4.69) is 27.1 Å². The van der Waals surface area contributed by atoms with Crippen LogP contribution in [0.1, 0.15) is 11.3 Å². The monoisotopic (exact) mass is 462 g/mol. The minimum Gasteiger partial charge on any atom is -0.487 e. The van der Waals surface area contributed by atoms with E-state index in [-0.39, 0.29) is 5.91 Å². The molecule has 0 radical (unpaired) electrons. The fraction of sp³-hybridized carbons (Fsp3) is 0.231. The number of hydrogen-bond donors (Lipinski definition) is 1. The molecule has 0 unspecified atom stereocenters. The maximum absolute atomic E-state index is 12.6. The number of anilines is 2. The summed E-state index contributed by atoms with van der Waals surface area (Å²) in [7, 11) is 2.12. The third-order valence-corrected chi connectivity index (χ3v) is 5.72. The van der Waals surface area contributed by atoms with Crippen molar-refractivity contribution in [1.29, 1.82) is 0 Å². The first-order chi connectivity index (χ1) is 16.1. The largest absolute Gasteiger partial charge is 0.487 e. The summed E-state index contributed by atoms with van der Waals surface area (Å²) in [6.45, 7) is 4.19. The fourth-order valence-electron chi connectivity index (χ4n) is 3.59. The van der Waals surface area contributed by atoms with Crippen LogP contribution in [0.5, 0.6) is 5.75 Å². The maximum Gasteiger partial charge on any atom is 0.248 e. The molecule has 4 rings (SSSR count). The molecular weight excluding hydrogens is 436 g/mol. The van der Waals surface area contributed by atoms with Crippen LogP contribution in [0.15, 0.2) is 72.9 Å². The number of ether oxygens (including phenoxy) is 1. The second-order valence-electron chi connectivity index (χ2n) is 7.95. The van der Waals surface area contributed by atoms with Crippen LogP contribution in [-0.4, -0.2) is 49.0 Å². The first kappa shape index (κ1) is 22.8. The molecule has 6 nitrogen and oxygen atoms in total. The molecule has 1 fully saturated rings. The van der Waals surface area contributed by atoms with E-state index in [9.17, 15) is 4.79 Å². The molecule has 0 aliphatic carbocycles. The second kappa shape index (κ2) is 11.0. The number of aromatic nitrogens is 1. The van der Waals surface area contributed by atoms with Crippen molar-refractivity contribution in [3.8, 4) is 5.75 Å². The summed E-state index contributed by atoms with van der Waals surface area (Å²) in [5.41, 5.74) is 3.49. The molecule has 1 saturated heterocycles. The number of likely N-dealkylation sites (N-methyl/N-ethyl adjacent to an activating group) is 1. The summed E-state index contributed by atoms with van der Waals surface area (Å²) in [6, 6.07) is 18.9. The predicted molar refractivity (Wildman–Crippen MR) is 134 cm³/mol. The maximum atomic E-state index is 12.6. The van der Waals surface area contributed by atoms with E-state index in [1.165, 1.54) is 6.08 Å². The summed E-state index contributed by atoms with van der Waals surface area (Å²) in [5.74, 6) is 0.543. The van der Waals surface area contributed by atoms with Crippen LogP contribution in [0, 0.1) is 0 Å². The number of nitrogens with zero attached hydrogens (tertiary/aromatic N) is 3. The molecule has 1 N–H and O–H groups in total. The van der Waals surface area contributed by atoms with Gasteiger partial charge >= 0.3 is 0 Å². The molecule has 0 atom stereocenters. The van der Waals surface area contributed by atoms with Crippen molar-refractivity contribution < 1.29 is 9.53 Å². The van der Waals surface area contributed by atoms with Gasteiger partial charge in [-0.05, 0) is 61.2 Å². The number of rotatable bonds is 7. The Labute approximate surface area is 199 Å². The summed E-state index contributed by atoms with van der Waals surface area (Å²) in [6.07, 6.45) is 5.05. The standard InChI is InChI=1S/C26H27ClN4O2/c1-30-14-16-31(17-15-30)25-11-8-21(27)18-24(25)29-26(32)12-7-20-5-9-23(10-6-20)33-19-22-4-2-3-13-28-22/h2-13,18H,14-17,19H2,1H3,(H,29,32)/b12-7+. The van der Waals surface area contributed by atoms with Crippen LogP contribution < -0.4 is 15.0 Å². The quantitative estimate of drug-likeness (QED) is 0.515. The van der Waals surface area contributed by atoms with Crippen LogP contribution in [0.2, 0.25) is 5.02 Å². The molecule has 170 valence electrons. The van der Waals surface area contributed by atoms with Gasteiger partial charge in [-0.25, -0.2) is 0 Å². The van der Waals surface area contributed by atoms with E-state index in [1.54, 1.807) is 18.3 Å². The Hall–Kier alpha value is -3.35. The summed E-state index contributed by atoms with van der Waals surface area (Å²) in [4.78, 5) is 21.4. The predicted octanol–water partition coefficient (Wildman–Crippen LogP) is 4.72. The van der Waals surface area contributed by atoms with Crippen molar-refractivity contribution in [2.24, 2.45) is 0 Å². The van der Waals surface area contributed by atoms with Gasteiger partial charge in [0.25, 0.3) is 0 Å². The average Bonchev–Trinajstić information content (AvgIpc) is 2.84. The van der Waals surface area contributed by atoms with Gasteiger partial charge in [0, 0.05) is 43.5 Å². The van der Waals surface area contributed by atoms with Crippen molar-refractivity contribution >= 4 is 35.0 Å². The van der Waals surface area contributed by atoms with Gasteiger partial charge in [-0.1, -0.05) is 29.8 Å². The van der Waals surface area contributed by atoms with Gasteiger partial charge in [0.2, 0.25) is 5.91 Å². The Morgan fingerprint density at radius 1 is 1.09 bits per heavy atom. The van der Waals surface area contributed by atoms with Gasteiger partial charge in [0.1, 0.15) is 12.4 Å². The highest BCUT2D eigenvalue weighted by molar-refractivity contribution is 6.31. The Bertz CT molecular complexity index is 1100. The van der Waals surface area contributed by atoms with Crippen molar-refractivity contribution in [3.63, 3.8) is 0 Å². The Morgan fingerprint density at radius 3 is 2.61 bits per heavy atom. The number of pyridine rings is 1. The smallest absolute Gasteiger partial charge is 0.248 e. The van der Waals surface area contributed by atoms with Crippen LogP contribution in [-0.2, 0) is 11.4 Å². The third kappa shape index (κ3) is 6.57. The van der Waals surface area contributed by atoms with E-state index >= 15 is 0 Å². The SMILES string of the molecule is CN1CCN(c2ccc(Cl)cc2NC(=O)/C=C/c2ccc(OCc3ccccn3)cc2)CC1. The minimum atomic E-state index is -0.205. The molecule has 3 aromatic rings. The van der Waals surface area contributed by atoms with E-state index in [0.29, 0.717) is 11.6 Å². The lowest BCUT2D eigenvalue weighted by molar-refractivity contribution is -0.111. The number of hydrogen-bond acceptors (Lipinski definition) is 5. The number of halogens is 1. The van der Waals surface area contributed by atoms with Crippen LogP contribution in [0.4, 0.5) is 11.4 Å². The van der Waals surface area contributed by atoms with Crippen molar-refractivity contribution in [1.82, 2.24) is 9.88 Å². The van der Waals surface area contributed by atoms with Crippen molar-refractivity contribution in [2.75, 3.05) is 43.4 Å². The Kier molecular flexibility index (Phi) is 7.60. The molecule has 0 spiro atoms. The molecule has 2 heterocycles. The molecule has 1 amide bonds. The average molecular weight is 463 g/mol. The van der Waals surface area contributed by atoms with E-state index < -0.39 is 0 Å². The molecule has 1 aliphatic rings. The minimum absolute atomic E-state index is 0.205. The lowest BCUT2D eigenvalue weighted by Gasteiger charge is -2.35. The zero-order valence-electron chi connectivity index (χ0n) is 18.6. The van der Waals surface area contributed by atoms with Gasteiger partial charge < -0.3 is 19.9 Å². The zero-order valence-corrected chi connectivity index (χ0v) is 19.3. The van der Waals surface area contributed by atoms with Gasteiger partial charge in [0.15, 0.2) is 0 Å². The molecule has 1 aliphatic heterocycles. The number of piperazine rings is 1. The molecule has 0 saturated carbocycles. The summed E-state index contributed by atoms with van der Waals surface area (Å²) >= 11 is 6.20. The molecular formula is C26H27ClN4O2. The van der Waals surface area contributed by atoms with E-state index in [1.807, 2.05) is 54.6 Å². The van der Waals surface area contributed by atoms with E-state index in [4.69, 9.17) is 16.3 Å². The van der Waals surface area contributed by atoms with Gasteiger partial charge in [-0.3, -0.25) is 9.78 Å². The number of carbonyl (C=O) groups excluding carboxylic acids is 1. The van der Waals surface area contributed by atoms with E-state index in [0.717, 1.165) is 54.6 Å². The normalized spacial score (nSPS) is 14.4. The molecule has 7 heteroatoms. The number of carbonyl (C=O) groups is 1. The molecule has 2 aromatic carbocycles. The van der Waals surface area contributed by atoms with Crippen LogP contribution in [0.25, 0.3) is 6.08 Å². The first-order valence-corrected chi connectivity index (χ1v) is 11.3. The van der Waals surface area contributed by atoms with Gasteiger partial charge in [0.05, 0.1) is 17.1 Å². The Balaban J connectivity index is 1.36. The van der Waals surface area contributed by atoms with Gasteiger partial charge in [-0.2, -0.15) is 0 Å². The summed E-state index contributed by atoms with van der Waals surface area (Å²) < 4.78 is 5.75. The van der Waals surface area contributed by atoms with Crippen molar-refractivity contribution in [3.05, 3.63) is 89.2 Å². The lowest BCUT2D eigenvalue weighted by Crippen LogP contribution is -2.44. The topological polar surface area (TPSA) is 57.7 Å². The first-order valence-electron chi connectivity index (χ1n) is 10.9.